The minimum atomic E-state index is -1.81. The van der Waals surface area contributed by atoms with E-state index in [0.717, 1.165) is 24.8 Å². The number of fused-ring (bicyclic) bond motifs is 3. The topological polar surface area (TPSA) is 295 Å². The molecular weight excluding hydrogens is 744 g/mol. The molecule has 1 spiro atoms. The van der Waals surface area contributed by atoms with Crippen LogP contribution in [0.4, 0.5) is 0 Å². The van der Waals surface area contributed by atoms with E-state index in [1.807, 2.05) is 6.92 Å². The van der Waals surface area contributed by atoms with Gasteiger partial charge in [0.2, 0.25) is 6.29 Å². The Hall–Kier alpha value is -1.43. The summed E-state index contributed by atoms with van der Waals surface area (Å²) in [5.41, 5.74) is -1.72. The van der Waals surface area contributed by atoms with Crippen molar-refractivity contribution < 1.29 is 89.4 Å². The number of aliphatic hydroxyl groups is 11. The molecule has 3 heterocycles. The van der Waals surface area contributed by atoms with Crippen molar-refractivity contribution in [1.82, 2.24) is 0 Å². The van der Waals surface area contributed by atoms with Crippen LogP contribution in [-0.2, 0) is 33.2 Å². The fourth-order valence-electron chi connectivity index (χ4n) is 12.0. The third-order valence-corrected chi connectivity index (χ3v) is 15.0. The van der Waals surface area contributed by atoms with E-state index in [1.54, 1.807) is 0 Å². The zero-order chi connectivity index (χ0) is 40.7. The van der Waals surface area contributed by atoms with Crippen molar-refractivity contribution in [1.29, 1.82) is 0 Å². The van der Waals surface area contributed by atoms with Gasteiger partial charge < -0.3 is 84.6 Å². The van der Waals surface area contributed by atoms with E-state index >= 15 is 0 Å². The van der Waals surface area contributed by atoms with Crippen LogP contribution in [0.5, 0.6) is 0 Å². The molecule has 0 unspecified atom stereocenters. The summed E-state index contributed by atoms with van der Waals surface area (Å²) in [6.45, 7) is 6.50. The molecule has 21 atom stereocenters. The van der Waals surface area contributed by atoms with E-state index in [4.69, 9.17) is 28.4 Å². The van der Waals surface area contributed by atoms with Crippen LogP contribution in [0.2, 0.25) is 0 Å². The average Bonchev–Trinajstić information content (AvgIpc) is 3.37. The smallest absolute Gasteiger partial charge is 0.314 e. The summed E-state index contributed by atoms with van der Waals surface area (Å²) < 4.78 is 35.1. The quantitative estimate of drug-likeness (QED) is 0.0631. The highest BCUT2D eigenvalue weighted by Crippen LogP contribution is 2.73. The van der Waals surface area contributed by atoms with Crippen molar-refractivity contribution in [3.63, 3.8) is 0 Å². The molecule has 11 N–H and O–H groups in total. The maximum absolute atomic E-state index is 14.1. The number of hydrogen-bond donors (Lipinski definition) is 11. The molecule has 18 nitrogen and oxygen atoms in total. The number of carbonyl (C=O) groups is 1. The van der Waals surface area contributed by atoms with E-state index in [0.29, 0.717) is 38.5 Å². The molecule has 4 aliphatic carbocycles. The van der Waals surface area contributed by atoms with Gasteiger partial charge in [-0.15, -0.1) is 0 Å². The highest BCUT2D eigenvalue weighted by atomic mass is 16.7. The van der Waals surface area contributed by atoms with E-state index < -0.39 is 129 Å². The van der Waals surface area contributed by atoms with Crippen molar-refractivity contribution >= 4 is 5.97 Å². The van der Waals surface area contributed by atoms with Crippen LogP contribution in [-0.4, -0.2) is 180 Å². The minimum absolute atomic E-state index is 0.116. The Morgan fingerprint density at radius 2 is 1.23 bits per heavy atom. The van der Waals surface area contributed by atoms with Crippen LogP contribution >= 0.6 is 0 Å². The second-order valence-electron chi connectivity index (χ2n) is 18.0. The highest BCUT2D eigenvalue weighted by molar-refractivity contribution is 5.77. The van der Waals surface area contributed by atoms with Crippen molar-refractivity contribution in [2.24, 2.45) is 28.1 Å². The Morgan fingerprint density at radius 1 is 0.679 bits per heavy atom. The van der Waals surface area contributed by atoms with Crippen LogP contribution in [0.15, 0.2) is 12.2 Å². The Morgan fingerprint density at radius 3 is 1.86 bits per heavy atom. The summed E-state index contributed by atoms with van der Waals surface area (Å²) in [5, 5.41) is 114. The summed E-state index contributed by atoms with van der Waals surface area (Å²) in [6, 6.07) is 0. The molecule has 3 saturated heterocycles. The van der Waals surface area contributed by atoms with Crippen LogP contribution in [0.25, 0.3) is 0 Å². The van der Waals surface area contributed by atoms with Crippen LogP contribution in [0.3, 0.4) is 0 Å². The molecule has 0 aromatic heterocycles. The zero-order valence-electron chi connectivity index (χ0n) is 31.8. The van der Waals surface area contributed by atoms with Crippen molar-refractivity contribution in [3.8, 4) is 0 Å². The molecular formula is C38H60O18. The maximum atomic E-state index is 14.1. The summed E-state index contributed by atoms with van der Waals surface area (Å²) in [7, 11) is 0. The molecule has 7 aliphatic rings. The molecule has 0 aromatic carbocycles. The van der Waals surface area contributed by atoms with Gasteiger partial charge in [-0.05, 0) is 86.5 Å². The molecule has 56 heavy (non-hydrogen) atoms. The Bertz CT molecular complexity index is 1450. The average molecular weight is 805 g/mol. The third kappa shape index (κ3) is 6.69. The van der Waals surface area contributed by atoms with Gasteiger partial charge in [-0.2, -0.15) is 0 Å². The largest absolute Gasteiger partial charge is 0.432 e. The van der Waals surface area contributed by atoms with Crippen LogP contribution in [0.1, 0.15) is 71.6 Å². The number of carbonyl (C=O) groups excluding carboxylic acids is 1. The lowest BCUT2D eigenvalue weighted by atomic mass is 9.41. The molecule has 3 aliphatic heterocycles. The molecule has 7 fully saturated rings. The van der Waals surface area contributed by atoms with Gasteiger partial charge in [-0.1, -0.05) is 19.9 Å². The van der Waals surface area contributed by atoms with Gasteiger partial charge in [0.15, 0.2) is 12.6 Å². The standard InChI is InChI=1S/C38H60O18/c1-16-11-37-9-5-20-35(2,7-4-8-36(20,3)34(50)55-32-28(48)26(46)23(43)18(13-40)52-32)21(37)6-10-38(16,15-37)56-33-29(49)30(24(44)19(14-41)53-33)54-31-27(47)25(45)22(42)17(12-39)51-31/h17-33,39-49H,1,4-15H2,2-3H3/t17-,18-,19-,20+,21+,22-,23-,24-,25+,26+,27-,28-,29-,30+,31+,32+,33+,35-,36-,37-,38+/m0/s1. The molecule has 320 valence electrons. The van der Waals surface area contributed by atoms with Crippen LogP contribution in [0, 0.1) is 28.1 Å². The summed E-state index contributed by atoms with van der Waals surface area (Å²) >= 11 is 0. The summed E-state index contributed by atoms with van der Waals surface area (Å²) in [4.78, 5) is 14.1. The SMILES string of the molecule is C=C1C[C@]23CC[C@@H]4[C@](C)(CCC[C@]4(C)C(=O)O[C@H]4O[C@@H](CO)[C@H](O)[C@@H](O)[C@@H]4O)[C@H]2CC[C@@]1(O[C@H]1O[C@@H](CO)[C@H](O)[C@@H](O[C@H]2O[C@@H](CO)[C@H](O)[C@@H](O)[C@@H]2O)[C@@H]1O)C3. The van der Waals surface area contributed by atoms with Gasteiger partial charge in [0.25, 0.3) is 0 Å². The normalized spacial score (nSPS) is 54.6. The van der Waals surface area contributed by atoms with E-state index in [1.165, 1.54) is 0 Å². The minimum Gasteiger partial charge on any atom is -0.432 e. The number of hydrogen-bond acceptors (Lipinski definition) is 18. The number of aliphatic hydroxyl groups excluding tert-OH is 11. The second kappa shape index (κ2) is 15.6. The van der Waals surface area contributed by atoms with Gasteiger partial charge >= 0.3 is 5.97 Å². The first-order valence-corrected chi connectivity index (χ1v) is 19.9. The molecule has 0 amide bonds. The fraction of sp³-hybridized carbons (Fsp3) is 0.921. The van der Waals surface area contributed by atoms with E-state index in [2.05, 4.69) is 13.5 Å². The fourth-order valence-corrected chi connectivity index (χ4v) is 12.0. The molecule has 0 aromatic rings. The molecule has 4 saturated carbocycles. The lowest BCUT2D eigenvalue weighted by Crippen LogP contribution is -2.65. The first-order chi connectivity index (χ1) is 26.4. The van der Waals surface area contributed by atoms with Crippen molar-refractivity contribution in [2.75, 3.05) is 19.8 Å². The third-order valence-electron chi connectivity index (χ3n) is 15.0. The Labute approximate surface area is 324 Å². The molecule has 0 radical (unpaired) electrons. The van der Waals surface area contributed by atoms with Gasteiger partial charge in [0, 0.05) is 0 Å². The lowest BCUT2D eigenvalue weighted by molar-refractivity contribution is -0.369. The Kier molecular flexibility index (Phi) is 11.9. The van der Waals surface area contributed by atoms with Crippen LogP contribution < -0.4 is 0 Å². The number of ether oxygens (including phenoxy) is 6. The summed E-state index contributed by atoms with van der Waals surface area (Å²) in [6.07, 6.45) is -17.7. The summed E-state index contributed by atoms with van der Waals surface area (Å²) in [5.74, 6) is -0.562. The number of esters is 1. The molecule has 7 rings (SSSR count). The van der Waals surface area contributed by atoms with Crippen molar-refractivity contribution in [2.45, 2.75) is 169 Å². The van der Waals surface area contributed by atoms with Gasteiger partial charge in [0.05, 0.1) is 30.8 Å². The zero-order valence-corrected chi connectivity index (χ0v) is 31.8. The predicted molar refractivity (Wildman–Crippen MR) is 186 cm³/mol. The maximum Gasteiger partial charge on any atom is 0.314 e. The van der Waals surface area contributed by atoms with Gasteiger partial charge in [-0.3, -0.25) is 4.79 Å². The lowest BCUT2D eigenvalue weighted by Gasteiger charge is -2.64. The molecule has 2 bridgehead atoms. The van der Waals surface area contributed by atoms with E-state index in [-0.39, 0.29) is 22.7 Å². The predicted octanol–water partition coefficient (Wildman–Crippen LogP) is -2.94. The number of rotatable bonds is 9. The molecule has 18 heteroatoms. The van der Waals surface area contributed by atoms with Crippen molar-refractivity contribution in [3.05, 3.63) is 12.2 Å². The highest BCUT2D eigenvalue weighted by Gasteiger charge is 2.69. The van der Waals surface area contributed by atoms with Gasteiger partial charge in [0.1, 0.15) is 73.2 Å². The first-order valence-electron chi connectivity index (χ1n) is 19.9. The van der Waals surface area contributed by atoms with E-state index in [9.17, 15) is 61.0 Å². The Balaban J connectivity index is 1.07. The van der Waals surface area contributed by atoms with Gasteiger partial charge in [-0.25, -0.2) is 0 Å². The second-order valence-corrected chi connectivity index (χ2v) is 18.0. The first kappa shape index (κ1) is 42.7. The monoisotopic (exact) mass is 804 g/mol.